The Morgan fingerprint density at radius 3 is 2.70 bits per heavy atom. The molecule has 6 nitrogen and oxygen atoms in total. The molecule has 6 heteroatoms. The largest absolute Gasteiger partial charge is 0.481 e. The summed E-state index contributed by atoms with van der Waals surface area (Å²) >= 11 is 0. The lowest BCUT2D eigenvalue weighted by Crippen LogP contribution is -2.32. The summed E-state index contributed by atoms with van der Waals surface area (Å²) in [5.74, 6) is 0.259. The fourth-order valence-electron chi connectivity index (χ4n) is 3.64. The van der Waals surface area contributed by atoms with E-state index in [4.69, 9.17) is 9.47 Å². The average Bonchev–Trinajstić information content (AvgIpc) is 2.77. The van der Waals surface area contributed by atoms with Crippen LogP contribution in [-0.4, -0.2) is 38.2 Å². The lowest BCUT2D eigenvalue weighted by molar-refractivity contribution is -0.122. The second-order valence-corrected chi connectivity index (χ2v) is 7.50. The topological polar surface area (TPSA) is 76.7 Å². The molecule has 2 N–H and O–H groups in total. The smallest absolute Gasteiger partial charge is 0.265 e. The number of benzene rings is 2. The minimum atomic E-state index is -0.684. The zero-order valence-corrected chi connectivity index (χ0v) is 17.7. The third-order valence-electron chi connectivity index (χ3n) is 5.27. The van der Waals surface area contributed by atoms with Crippen LogP contribution in [0.25, 0.3) is 0 Å². The van der Waals surface area contributed by atoms with Crippen LogP contribution in [0.1, 0.15) is 47.7 Å². The molecule has 1 atom stereocenters. The summed E-state index contributed by atoms with van der Waals surface area (Å²) in [6.07, 6.45) is 4.41. The van der Waals surface area contributed by atoms with Crippen LogP contribution in [0.5, 0.6) is 5.75 Å². The van der Waals surface area contributed by atoms with E-state index in [9.17, 15) is 9.59 Å². The first-order valence-corrected chi connectivity index (χ1v) is 10.5. The highest BCUT2D eigenvalue weighted by molar-refractivity contribution is 6.04. The molecule has 0 saturated heterocycles. The Morgan fingerprint density at radius 2 is 1.87 bits per heavy atom. The molecule has 0 fully saturated rings. The van der Waals surface area contributed by atoms with Crippen LogP contribution in [-0.2, 0) is 22.4 Å². The first-order chi connectivity index (χ1) is 14.6. The van der Waals surface area contributed by atoms with Crippen molar-refractivity contribution in [1.29, 1.82) is 0 Å². The van der Waals surface area contributed by atoms with Gasteiger partial charge in [-0.15, -0.1) is 0 Å². The van der Waals surface area contributed by atoms with Crippen molar-refractivity contribution >= 4 is 17.5 Å². The van der Waals surface area contributed by atoms with Gasteiger partial charge in [0.05, 0.1) is 11.3 Å². The Bertz CT molecular complexity index is 881. The molecule has 0 aromatic heterocycles. The molecule has 0 spiro atoms. The minimum Gasteiger partial charge on any atom is -0.481 e. The third-order valence-corrected chi connectivity index (χ3v) is 5.27. The van der Waals surface area contributed by atoms with Gasteiger partial charge in [0, 0.05) is 20.3 Å². The Labute approximate surface area is 178 Å². The van der Waals surface area contributed by atoms with Gasteiger partial charge in [-0.25, -0.2) is 0 Å². The molecule has 2 aromatic carbocycles. The van der Waals surface area contributed by atoms with Gasteiger partial charge >= 0.3 is 0 Å². The normalized spacial score (nSPS) is 13.8. The first-order valence-electron chi connectivity index (χ1n) is 10.5. The maximum atomic E-state index is 12.8. The van der Waals surface area contributed by atoms with E-state index in [1.807, 2.05) is 12.1 Å². The van der Waals surface area contributed by atoms with Gasteiger partial charge in [-0.2, -0.15) is 0 Å². The van der Waals surface area contributed by atoms with Gasteiger partial charge in [-0.3, -0.25) is 9.59 Å². The lowest BCUT2D eigenvalue weighted by Gasteiger charge is -2.22. The number of amides is 2. The number of carbonyl (C=O) groups excluding carboxylic acids is 2. The van der Waals surface area contributed by atoms with Crippen LogP contribution in [0.4, 0.5) is 5.69 Å². The van der Waals surface area contributed by atoms with Crippen molar-refractivity contribution in [2.24, 2.45) is 0 Å². The van der Waals surface area contributed by atoms with Gasteiger partial charge in [0.15, 0.2) is 6.10 Å². The molecule has 1 aliphatic rings. The van der Waals surface area contributed by atoms with E-state index < -0.39 is 6.10 Å². The third kappa shape index (κ3) is 5.60. The number of methoxy groups -OCH3 is 1. The molecule has 0 aliphatic heterocycles. The van der Waals surface area contributed by atoms with Crippen LogP contribution in [0.15, 0.2) is 42.5 Å². The summed E-state index contributed by atoms with van der Waals surface area (Å²) in [7, 11) is 1.63. The summed E-state index contributed by atoms with van der Waals surface area (Å²) in [5, 5.41) is 5.69. The minimum absolute atomic E-state index is 0.229. The molecule has 0 radical (unpaired) electrons. The van der Waals surface area contributed by atoms with Crippen molar-refractivity contribution in [2.45, 2.75) is 45.1 Å². The van der Waals surface area contributed by atoms with Gasteiger partial charge in [0.1, 0.15) is 5.75 Å². The van der Waals surface area contributed by atoms with Crippen LogP contribution in [0.2, 0.25) is 0 Å². The Balaban J connectivity index is 1.64. The molecule has 1 unspecified atom stereocenters. The van der Waals surface area contributed by atoms with Crippen molar-refractivity contribution in [3.05, 3.63) is 59.2 Å². The maximum absolute atomic E-state index is 12.8. The second-order valence-electron chi connectivity index (χ2n) is 7.50. The van der Waals surface area contributed by atoms with E-state index in [0.29, 0.717) is 24.4 Å². The first kappa shape index (κ1) is 21.8. The van der Waals surface area contributed by atoms with Crippen LogP contribution < -0.4 is 15.4 Å². The Morgan fingerprint density at radius 1 is 1.07 bits per heavy atom. The number of fused-ring (bicyclic) bond motifs is 1. The monoisotopic (exact) mass is 410 g/mol. The summed E-state index contributed by atoms with van der Waals surface area (Å²) in [6.45, 7) is 2.81. The number of anilines is 1. The van der Waals surface area contributed by atoms with Gasteiger partial charge in [0.2, 0.25) is 0 Å². The van der Waals surface area contributed by atoms with Crippen LogP contribution in [0.3, 0.4) is 0 Å². The SMILES string of the molecule is COCCCNC(=O)c1ccccc1NC(=O)C(C)Oc1cccc2c1CCCC2. The molecule has 3 rings (SSSR count). The number of ether oxygens (including phenoxy) is 2. The number of aryl methyl sites for hydroxylation is 1. The maximum Gasteiger partial charge on any atom is 0.265 e. The van der Waals surface area contributed by atoms with Crippen molar-refractivity contribution in [3.63, 3.8) is 0 Å². The molecule has 30 heavy (non-hydrogen) atoms. The fraction of sp³-hybridized carbons (Fsp3) is 0.417. The number of hydrogen-bond acceptors (Lipinski definition) is 4. The molecule has 0 saturated carbocycles. The second kappa shape index (κ2) is 10.8. The van der Waals surface area contributed by atoms with E-state index in [0.717, 1.165) is 31.4 Å². The van der Waals surface area contributed by atoms with E-state index >= 15 is 0 Å². The van der Waals surface area contributed by atoms with E-state index in [-0.39, 0.29) is 11.8 Å². The molecular formula is C24H30N2O4. The van der Waals surface area contributed by atoms with Crippen LogP contribution >= 0.6 is 0 Å². The van der Waals surface area contributed by atoms with Gasteiger partial charge < -0.3 is 20.1 Å². The number of hydrogen-bond donors (Lipinski definition) is 2. The van der Waals surface area contributed by atoms with Crippen molar-refractivity contribution in [3.8, 4) is 5.75 Å². The number of carbonyl (C=O) groups is 2. The summed E-state index contributed by atoms with van der Waals surface area (Å²) in [5.41, 5.74) is 3.41. The van der Waals surface area contributed by atoms with Gasteiger partial charge in [-0.1, -0.05) is 24.3 Å². The Kier molecular flexibility index (Phi) is 7.85. The molecule has 2 amide bonds. The predicted octanol–water partition coefficient (Wildman–Crippen LogP) is 3.74. The molecule has 2 aromatic rings. The van der Waals surface area contributed by atoms with Crippen molar-refractivity contribution in [1.82, 2.24) is 5.32 Å². The summed E-state index contributed by atoms with van der Waals surface area (Å²) < 4.78 is 11.0. The number of rotatable bonds is 9. The highest BCUT2D eigenvalue weighted by Gasteiger charge is 2.21. The molecule has 160 valence electrons. The zero-order chi connectivity index (χ0) is 21.3. The number of para-hydroxylation sites is 1. The zero-order valence-electron chi connectivity index (χ0n) is 17.7. The molecular weight excluding hydrogens is 380 g/mol. The highest BCUT2D eigenvalue weighted by atomic mass is 16.5. The van der Waals surface area contributed by atoms with E-state index in [1.165, 1.54) is 17.5 Å². The Hall–Kier alpha value is -2.86. The molecule has 1 aliphatic carbocycles. The number of nitrogens with one attached hydrogen (secondary N) is 2. The highest BCUT2D eigenvalue weighted by Crippen LogP contribution is 2.30. The van der Waals surface area contributed by atoms with Gasteiger partial charge in [-0.05, 0) is 68.4 Å². The quantitative estimate of drug-likeness (QED) is 0.618. The average molecular weight is 411 g/mol. The lowest BCUT2D eigenvalue weighted by atomic mass is 9.91. The van der Waals surface area contributed by atoms with E-state index in [2.05, 4.69) is 16.7 Å². The van der Waals surface area contributed by atoms with Gasteiger partial charge in [0.25, 0.3) is 11.8 Å². The van der Waals surface area contributed by atoms with Crippen molar-refractivity contribution in [2.75, 3.05) is 25.6 Å². The molecule has 0 heterocycles. The standard InChI is InChI=1S/C24H30N2O4/c1-17(30-22-14-7-10-18-9-3-4-11-19(18)22)23(27)26-21-13-6-5-12-20(21)24(28)25-15-8-16-29-2/h5-7,10,12-14,17H,3-4,8-9,11,15-16H2,1-2H3,(H,25,28)(H,26,27). The fourth-order valence-corrected chi connectivity index (χ4v) is 3.64. The van der Waals surface area contributed by atoms with Crippen LogP contribution in [0, 0.1) is 0 Å². The molecule has 0 bridgehead atoms. The predicted molar refractivity (Wildman–Crippen MR) is 117 cm³/mol. The van der Waals surface area contributed by atoms with E-state index in [1.54, 1.807) is 38.3 Å². The van der Waals surface area contributed by atoms with Crippen molar-refractivity contribution < 1.29 is 19.1 Å². The summed E-state index contributed by atoms with van der Waals surface area (Å²) in [4.78, 5) is 25.3. The summed E-state index contributed by atoms with van der Waals surface area (Å²) in [6, 6.07) is 13.0.